The minimum absolute atomic E-state index is 0.508. The van der Waals surface area contributed by atoms with E-state index in [1.54, 1.807) is 14.2 Å². The number of hydrogen-bond acceptors (Lipinski definition) is 5. The molecular weight excluding hydrogens is 332 g/mol. The number of aryl methyl sites for hydroxylation is 2. The lowest BCUT2D eigenvalue weighted by molar-refractivity contribution is 0.391. The van der Waals surface area contributed by atoms with E-state index in [-0.39, 0.29) is 0 Å². The zero-order valence-corrected chi connectivity index (χ0v) is 16.2. The molecule has 0 aliphatic heterocycles. The highest BCUT2D eigenvalue weighted by Gasteiger charge is 2.09. The van der Waals surface area contributed by atoms with Gasteiger partial charge in [0.2, 0.25) is 0 Å². The Hall–Kier alpha value is -2.70. The maximum absolute atomic E-state index is 5.43. The average Bonchev–Trinajstić information content (AvgIpc) is 2.97. The molecule has 0 bridgehead atoms. The third-order valence-corrected chi connectivity index (χ3v) is 4.09. The van der Waals surface area contributed by atoms with Gasteiger partial charge in [-0.2, -0.15) is 0 Å². The van der Waals surface area contributed by atoms with Crippen molar-refractivity contribution in [2.45, 2.75) is 33.7 Å². The molecule has 0 saturated heterocycles. The Morgan fingerprint density at radius 2 is 2.00 bits per heavy atom. The molecule has 0 fully saturated rings. The number of aliphatic imine (C=N–C) groups is 1. The first-order chi connectivity index (χ1) is 12.6. The van der Waals surface area contributed by atoms with Gasteiger partial charge in [-0.1, -0.05) is 5.16 Å². The first-order valence-corrected chi connectivity index (χ1v) is 8.73. The predicted octanol–water partition coefficient (Wildman–Crippen LogP) is 2.61. The van der Waals surface area contributed by atoms with Crippen LogP contribution in [0, 0.1) is 13.8 Å². The number of ether oxygens (including phenoxy) is 2. The van der Waals surface area contributed by atoms with E-state index in [9.17, 15) is 0 Å². The molecule has 0 radical (unpaired) electrons. The van der Waals surface area contributed by atoms with Gasteiger partial charge in [-0.3, -0.25) is 0 Å². The van der Waals surface area contributed by atoms with Crippen LogP contribution in [0.25, 0.3) is 0 Å². The number of nitrogens with zero attached hydrogens (tertiary/aromatic N) is 2. The van der Waals surface area contributed by atoms with Crippen LogP contribution in [-0.2, 0) is 13.0 Å². The molecule has 0 unspecified atom stereocenters. The van der Waals surface area contributed by atoms with E-state index in [0.29, 0.717) is 6.54 Å². The van der Waals surface area contributed by atoms with E-state index >= 15 is 0 Å². The fourth-order valence-electron chi connectivity index (χ4n) is 2.65. The largest absolute Gasteiger partial charge is 0.497 e. The Kier molecular flexibility index (Phi) is 7.32. The summed E-state index contributed by atoms with van der Waals surface area (Å²) in [7, 11) is 3.29. The number of hydrogen-bond donors (Lipinski definition) is 2. The van der Waals surface area contributed by atoms with Gasteiger partial charge in [0.05, 0.1) is 26.5 Å². The number of nitrogens with one attached hydrogen (secondary N) is 2. The number of methoxy groups -OCH3 is 2. The van der Waals surface area contributed by atoms with E-state index in [1.165, 1.54) is 0 Å². The molecule has 26 heavy (non-hydrogen) atoms. The minimum atomic E-state index is 0.508. The summed E-state index contributed by atoms with van der Waals surface area (Å²) >= 11 is 0. The molecule has 0 aliphatic carbocycles. The number of rotatable bonds is 8. The molecule has 1 heterocycles. The van der Waals surface area contributed by atoms with Crippen LogP contribution in [0.2, 0.25) is 0 Å². The molecule has 0 spiro atoms. The van der Waals surface area contributed by atoms with Gasteiger partial charge >= 0.3 is 0 Å². The van der Waals surface area contributed by atoms with Crippen molar-refractivity contribution in [1.29, 1.82) is 0 Å². The van der Waals surface area contributed by atoms with Gasteiger partial charge in [0.15, 0.2) is 5.96 Å². The number of guanidine groups is 1. The monoisotopic (exact) mass is 360 g/mol. The van der Waals surface area contributed by atoms with Crippen LogP contribution < -0.4 is 20.1 Å². The molecule has 0 saturated carbocycles. The molecule has 2 aromatic rings. The van der Waals surface area contributed by atoms with Gasteiger partial charge in [-0.05, 0) is 39.3 Å². The molecule has 2 N–H and O–H groups in total. The van der Waals surface area contributed by atoms with Crippen molar-refractivity contribution in [3.8, 4) is 11.5 Å². The van der Waals surface area contributed by atoms with E-state index < -0.39 is 0 Å². The minimum Gasteiger partial charge on any atom is -0.497 e. The third-order valence-electron chi connectivity index (χ3n) is 4.09. The average molecular weight is 360 g/mol. The first kappa shape index (κ1) is 19.6. The van der Waals surface area contributed by atoms with Gasteiger partial charge in [0.1, 0.15) is 17.3 Å². The maximum Gasteiger partial charge on any atom is 0.191 e. The van der Waals surface area contributed by atoms with Crippen LogP contribution in [-0.4, -0.2) is 38.4 Å². The summed E-state index contributed by atoms with van der Waals surface area (Å²) in [6.45, 7) is 7.98. The standard InChI is InChI=1S/C19H28N4O3/c1-6-20-19(21-10-9-17-13(2)23-26-14(17)3)22-12-15-7-8-16(24-4)11-18(15)25-5/h7-8,11H,6,9-10,12H2,1-5H3,(H2,20,21,22). The number of benzene rings is 1. The highest BCUT2D eigenvalue weighted by atomic mass is 16.5. The molecule has 1 aromatic carbocycles. The van der Waals surface area contributed by atoms with E-state index in [4.69, 9.17) is 14.0 Å². The van der Waals surface area contributed by atoms with Crippen LogP contribution in [0.3, 0.4) is 0 Å². The lowest BCUT2D eigenvalue weighted by Crippen LogP contribution is -2.38. The van der Waals surface area contributed by atoms with E-state index in [2.05, 4.69) is 20.8 Å². The Bertz CT molecular complexity index is 721. The molecule has 0 atom stereocenters. The lowest BCUT2D eigenvalue weighted by Gasteiger charge is -2.12. The van der Waals surface area contributed by atoms with Crippen LogP contribution in [0.1, 0.15) is 29.5 Å². The highest BCUT2D eigenvalue weighted by molar-refractivity contribution is 5.79. The number of aromatic nitrogens is 1. The SMILES string of the molecule is CCNC(=NCc1ccc(OC)cc1OC)NCCc1c(C)noc1C. The molecule has 7 nitrogen and oxygen atoms in total. The second-order valence-electron chi connectivity index (χ2n) is 5.85. The lowest BCUT2D eigenvalue weighted by atomic mass is 10.1. The summed E-state index contributed by atoms with van der Waals surface area (Å²) in [4.78, 5) is 4.65. The Morgan fingerprint density at radius 1 is 1.19 bits per heavy atom. The summed E-state index contributed by atoms with van der Waals surface area (Å²) < 4.78 is 15.9. The summed E-state index contributed by atoms with van der Waals surface area (Å²) in [5.74, 6) is 3.16. The predicted molar refractivity (Wildman–Crippen MR) is 102 cm³/mol. The molecule has 7 heteroatoms. The zero-order chi connectivity index (χ0) is 18.9. The third kappa shape index (κ3) is 5.15. The van der Waals surface area contributed by atoms with Crippen LogP contribution in [0.15, 0.2) is 27.7 Å². The van der Waals surface area contributed by atoms with Crippen molar-refractivity contribution in [2.75, 3.05) is 27.3 Å². The zero-order valence-electron chi connectivity index (χ0n) is 16.2. The summed E-state index contributed by atoms with van der Waals surface area (Å²) in [6.07, 6.45) is 0.831. The van der Waals surface area contributed by atoms with Crippen LogP contribution in [0.4, 0.5) is 0 Å². The fourth-order valence-corrected chi connectivity index (χ4v) is 2.65. The quantitative estimate of drug-likeness (QED) is 0.556. The van der Waals surface area contributed by atoms with Crippen LogP contribution in [0.5, 0.6) is 11.5 Å². The molecule has 142 valence electrons. The second kappa shape index (κ2) is 9.70. The van der Waals surface area contributed by atoms with Crippen LogP contribution >= 0.6 is 0 Å². The van der Waals surface area contributed by atoms with Crippen molar-refractivity contribution >= 4 is 5.96 Å². The van der Waals surface area contributed by atoms with Crippen molar-refractivity contribution in [1.82, 2.24) is 15.8 Å². The van der Waals surface area contributed by atoms with Crippen molar-refractivity contribution in [3.63, 3.8) is 0 Å². The maximum atomic E-state index is 5.43. The summed E-state index contributed by atoms with van der Waals surface area (Å²) in [5.41, 5.74) is 3.08. The Morgan fingerprint density at radius 3 is 2.62 bits per heavy atom. The molecule has 0 aliphatic rings. The smallest absolute Gasteiger partial charge is 0.191 e. The van der Waals surface area contributed by atoms with Gasteiger partial charge in [0.25, 0.3) is 0 Å². The summed E-state index contributed by atoms with van der Waals surface area (Å²) in [5, 5.41) is 10.6. The van der Waals surface area contributed by atoms with Gasteiger partial charge in [-0.15, -0.1) is 0 Å². The van der Waals surface area contributed by atoms with E-state index in [1.807, 2.05) is 39.0 Å². The topological polar surface area (TPSA) is 80.9 Å². The first-order valence-electron chi connectivity index (χ1n) is 8.73. The molecular formula is C19H28N4O3. The normalized spacial score (nSPS) is 11.3. The van der Waals surface area contributed by atoms with Gasteiger partial charge in [0, 0.05) is 30.3 Å². The van der Waals surface area contributed by atoms with Crippen molar-refractivity contribution in [2.24, 2.45) is 4.99 Å². The van der Waals surface area contributed by atoms with Gasteiger partial charge < -0.3 is 24.6 Å². The molecule has 1 aromatic heterocycles. The molecule has 0 amide bonds. The molecule has 2 rings (SSSR count). The van der Waals surface area contributed by atoms with E-state index in [0.717, 1.165) is 59.5 Å². The Labute approximate surface area is 154 Å². The van der Waals surface area contributed by atoms with Crippen molar-refractivity contribution in [3.05, 3.63) is 40.8 Å². The highest BCUT2D eigenvalue weighted by Crippen LogP contribution is 2.25. The summed E-state index contributed by atoms with van der Waals surface area (Å²) in [6, 6.07) is 5.74. The second-order valence-corrected chi connectivity index (χ2v) is 5.85. The Balaban J connectivity index is 2.00. The van der Waals surface area contributed by atoms with Crippen molar-refractivity contribution < 1.29 is 14.0 Å². The fraction of sp³-hybridized carbons (Fsp3) is 0.474. The van der Waals surface area contributed by atoms with Gasteiger partial charge in [-0.25, -0.2) is 4.99 Å².